The zero-order chi connectivity index (χ0) is 25.1. The fourth-order valence-electron chi connectivity index (χ4n) is 3.87. The van der Waals surface area contributed by atoms with Crippen LogP contribution < -0.4 is 10.3 Å². The molecule has 0 aliphatic carbocycles. The van der Waals surface area contributed by atoms with Gasteiger partial charge in [0.05, 0.1) is 17.3 Å². The molecule has 0 atom stereocenters. The number of rotatable bonds is 5. The van der Waals surface area contributed by atoms with Gasteiger partial charge >= 0.3 is 0 Å². The quantitative estimate of drug-likeness (QED) is 0.367. The van der Waals surface area contributed by atoms with Crippen molar-refractivity contribution in [3.63, 3.8) is 0 Å². The van der Waals surface area contributed by atoms with E-state index in [1.54, 1.807) is 20.3 Å². The van der Waals surface area contributed by atoms with Gasteiger partial charge in [-0.2, -0.15) is 5.10 Å². The molecule has 0 N–H and O–H groups in total. The summed E-state index contributed by atoms with van der Waals surface area (Å²) in [6, 6.07) is 4.35. The Hall–Kier alpha value is -4.06. The second-order valence-corrected chi connectivity index (χ2v) is 10.2. The largest absolute Gasteiger partial charge is 0.453 e. The van der Waals surface area contributed by atoms with Gasteiger partial charge in [0.1, 0.15) is 22.7 Å². The van der Waals surface area contributed by atoms with E-state index >= 15 is 0 Å². The summed E-state index contributed by atoms with van der Waals surface area (Å²) >= 11 is 0. The highest BCUT2D eigenvalue weighted by Crippen LogP contribution is 2.38. The number of ether oxygens (including phenoxy) is 1. The Morgan fingerprint density at radius 2 is 1.80 bits per heavy atom. The van der Waals surface area contributed by atoms with Gasteiger partial charge in [0.15, 0.2) is 26.4 Å². The van der Waals surface area contributed by atoms with E-state index in [1.165, 1.54) is 45.2 Å². The van der Waals surface area contributed by atoms with Crippen LogP contribution in [-0.4, -0.2) is 37.9 Å². The molecule has 0 saturated carbocycles. The van der Waals surface area contributed by atoms with Crippen molar-refractivity contribution >= 4 is 26.4 Å². The van der Waals surface area contributed by atoms with E-state index in [2.05, 4.69) is 10.1 Å². The molecule has 12 heteroatoms. The monoisotopic (exact) mass is 499 g/mol. The third-order valence-electron chi connectivity index (χ3n) is 5.64. The fourth-order valence-corrected chi connectivity index (χ4v) is 4.82. The molecule has 0 saturated heterocycles. The van der Waals surface area contributed by atoms with E-state index < -0.39 is 21.5 Å². The van der Waals surface area contributed by atoms with Crippen molar-refractivity contribution in [2.24, 2.45) is 14.1 Å². The first kappa shape index (κ1) is 22.7. The van der Waals surface area contributed by atoms with Crippen LogP contribution in [0.4, 0.5) is 8.78 Å². The Bertz CT molecular complexity index is 1800. The molecule has 4 aromatic heterocycles. The van der Waals surface area contributed by atoms with Gasteiger partial charge in [0.25, 0.3) is 5.56 Å². The maximum Gasteiger partial charge on any atom is 0.261 e. The van der Waals surface area contributed by atoms with E-state index in [-0.39, 0.29) is 33.5 Å². The van der Waals surface area contributed by atoms with Crippen LogP contribution in [-0.2, 0) is 23.9 Å². The van der Waals surface area contributed by atoms with Gasteiger partial charge in [-0.1, -0.05) is 6.92 Å². The molecule has 180 valence electrons. The summed E-state index contributed by atoms with van der Waals surface area (Å²) in [5, 5.41) is 4.71. The lowest BCUT2D eigenvalue weighted by atomic mass is 10.1. The van der Waals surface area contributed by atoms with E-state index in [0.29, 0.717) is 28.1 Å². The van der Waals surface area contributed by atoms with Crippen molar-refractivity contribution in [3.05, 3.63) is 71.0 Å². The molecule has 0 unspecified atom stereocenters. The molecule has 5 rings (SSSR count). The molecule has 0 aliphatic heterocycles. The van der Waals surface area contributed by atoms with Crippen molar-refractivity contribution in [2.45, 2.75) is 11.9 Å². The Morgan fingerprint density at radius 1 is 1.03 bits per heavy atom. The molecule has 0 radical (unpaired) electrons. The minimum absolute atomic E-state index is 0.0298. The van der Waals surface area contributed by atoms with Crippen LogP contribution >= 0.6 is 0 Å². The maximum absolute atomic E-state index is 14.4. The van der Waals surface area contributed by atoms with Crippen LogP contribution in [0.5, 0.6) is 11.5 Å². The average Bonchev–Trinajstić information content (AvgIpc) is 3.41. The number of imidazole rings is 1. The molecule has 1 aromatic carbocycles. The summed E-state index contributed by atoms with van der Waals surface area (Å²) in [5.74, 6) is -1.95. The molecule has 0 fully saturated rings. The third-order valence-corrected chi connectivity index (χ3v) is 7.33. The van der Waals surface area contributed by atoms with Crippen molar-refractivity contribution < 1.29 is 21.9 Å². The third kappa shape index (κ3) is 3.75. The highest BCUT2D eigenvalue weighted by molar-refractivity contribution is 7.91. The fraction of sp³-hybridized carbons (Fsp3) is 0.174. The van der Waals surface area contributed by atoms with Crippen LogP contribution in [0.3, 0.4) is 0 Å². The van der Waals surface area contributed by atoms with Gasteiger partial charge in [-0.3, -0.25) is 13.9 Å². The minimum Gasteiger partial charge on any atom is -0.453 e. The second kappa shape index (κ2) is 8.01. The van der Waals surface area contributed by atoms with Crippen LogP contribution in [0.2, 0.25) is 0 Å². The number of hydrogen-bond acceptors (Lipinski definition) is 6. The van der Waals surface area contributed by atoms with Crippen molar-refractivity contribution in [1.29, 1.82) is 0 Å². The summed E-state index contributed by atoms with van der Waals surface area (Å²) in [5.41, 5.74) is 1.07. The van der Waals surface area contributed by atoms with Crippen molar-refractivity contribution in [1.82, 2.24) is 23.7 Å². The highest BCUT2D eigenvalue weighted by atomic mass is 32.2. The Kier molecular flexibility index (Phi) is 5.20. The van der Waals surface area contributed by atoms with E-state index in [9.17, 15) is 22.0 Å². The topological polar surface area (TPSA) is 100 Å². The van der Waals surface area contributed by atoms with Gasteiger partial charge < -0.3 is 9.30 Å². The number of sulfone groups is 1. The smallest absolute Gasteiger partial charge is 0.261 e. The van der Waals surface area contributed by atoms with Crippen LogP contribution in [0.1, 0.15) is 6.92 Å². The Morgan fingerprint density at radius 3 is 2.51 bits per heavy atom. The van der Waals surface area contributed by atoms with Crippen molar-refractivity contribution in [2.75, 3.05) is 5.75 Å². The van der Waals surface area contributed by atoms with E-state index in [0.717, 1.165) is 12.1 Å². The van der Waals surface area contributed by atoms with Crippen LogP contribution in [0.25, 0.3) is 27.7 Å². The summed E-state index contributed by atoms with van der Waals surface area (Å²) in [7, 11) is -0.397. The van der Waals surface area contributed by atoms with Gasteiger partial charge in [-0.05, 0) is 12.1 Å². The lowest BCUT2D eigenvalue weighted by Crippen LogP contribution is -2.16. The number of aromatic nitrogens is 5. The predicted octanol–water partition coefficient (Wildman–Crippen LogP) is 3.45. The van der Waals surface area contributed by atoms with E-state index in [1.807, 2.05) is 0 Å². The number of pyridine rings is 2. The molecule has 5 aromatic rings. The second-order valence-electron chi connectivity index (χ2n) is 7.98. The van der Waals surface area contributed by atoms with Crippen LogP contribution in [0, 0.1) is 11.6 Å². The predicted molar refractivity (Wildman–Crippen MR) is 124 cm³/mol. The van der Waals surface area contributed by atoms with Gasteiger partial charge in [-0.25, -0.2) is 22.2 Å². The highest BCUT2D eigenvalue weighted by Gasteiger charge is 2.23. The average molecular weight is 499 g/mol. The zero-order valence-corrected chi connectivity index (χ0v) is 19.7. The summed E-state index contributed by atoms with van der Waals surface area (Å²) < 4.78 is 63.3. The van der Waals surface area contributed by atoms with Gasteiger partial charge in [0, 0.05) is 55.9 Å². The standard InChI is InChI=1S/C23H19F2N5O4S/c1-4-35(32,33)21-9-26-20-8-19(34-18-6-5-13(24)7-17(18)25)14(12-30(20)21)15-10-28(2)23(31)16-11-29(3)27-22(15)16/h5-12H,4H2,1-3H3. The maximum atomic E-state index is 14.4. The summed E-state index contributed by atoms with van der Waals surface area (Å²) in [6.07, 6.45) is 5.84. The zero-order valence-electron chi connectivity index (χ0n) is 18.9. The molecular weight excluding hydrogens is 480 g/mol. The lowest BCUT2D eigenvalue weighted by molar-refractivity contribution is 0.439. The molecule has 35 heavy (non-hydrogen) atoms. The number of benzene rings is 1. The summed E-state index contributed by atoms with van der Waals surface area (Å²) in [4.78, 5) is 16.9. The number of hydrogen-bond donors (Lipinski definition) is 0. The molecule has 0 aliphatic rings. The molecule has 4 heterocycles. The molecule has 0 bridgehead atoms. The lowest BCUT2D eigenvalue weighted by Gasteiger charge is -2.15. The first-order valence-electron chi connectivity index (χ1n) is 10.5. The minimum atomic E-state index is -3.63. The molecule has 0 amide bonds. The normalized spacial score (nSPS) is 12.0. The van der Waals surface area contributed by atoms with Crippen molar-refractivity contribution in [3.8, 4) is 22.6 Å². The molecular formula is C23H19F2N5O4S. The number of nitrogens with zero attached hydrogens (tertiary/aromatic N) is 5. The Balaban J connectivity index is 1.85. The molecule has 9 nitrogen and oxygen atoms in total. The van der Waals surface area contributed by atoms with Crippen LogP contribution in [0.15, 0.2) is 58.9 Å². The Labute approximate surface area is 197 Å². The SMILES string of the molecule is CCS(=O)(=O)c1cnc2cc(Oc3ccc(F)cc3F)c(-c3cn(C)c(=O)c4cn(C)nc34)cn12. The first-order valence-corrected chi connectivity index (χ1v) is 12.1. The number of fused-ring (bicyclic) bond motifs is 2. The van der Waals surface area contributed by atoms with Gasteiger partial charge in [-0.15, -0.1) is 0 Å². The number of aryl methyl sites for hydroxylation is 2. The molecule has 0 spiro atoms. The number of halogens is 2. The van der Waals surface area contributed by atoms with E-state index in [4.69, 9.17) is 4.74 Å². The summed E-state index contributed by atoms with van der Waals surface area (Å²) in [6.45, 7) is 1.52. The van der Waals surface area contributed by atoms with Gasteiger partial charge in [0.2, 0.25) is 0 Å². The first-order chi connectivity index (χ1) is 16.6.